The number of unbranched alkanes of at least 4 members (excludes halogenated alkanes) is 3. The van der Waals surface area contributed by atoms with Gasteiger partial charge in [0.1, 0.15) is 6.23 Å². The predicted molar refractivity (Wildman–Crippen MR) is 56.2 cm³/mol. The summed E-state index contributed by atoms with van der Waals surface area (Å²) in [5.41, 5.74) is 0. The van der Waals surface area contributed by atoms with Crippen molar-refractivity contribution in [1.82, 2.24) is 5.32 Å². The minimum absolute atomic E-state index is 0.370. The van der Waals surface area contributed by atoms with Crippen molar-refractivity contribution in [3.63, 3.8) is 0 Å². The zero-order valence-corrected chi connectivity index (χ0v) is 9.29. The maximum Gasteiger partial charge on any atom is 0.128 e. The highest BCUT2D eigenvalue weighted by Crippen LogP contribution is 2.00. The molecular formula is C10H23NO3. The van der Waals surface area contributed by atoms with Crippen molar-refractivity contribution in [2.24, 2.45) is 0 Å². The number of ether oxygens (including phenoxy) is 2. The van der Waals surface area contributed by atoms with Crippen LogP contribution in [0.3, 0.4) is 0 Å². The van der Waals surface area contributed by atoms with Gasteiger partial charge in [-0.05, 0) is 19.9 Å². The number of rotatable bonds is 10. The van der Waals surface area contributed by atoms with E-state index in [0.717, 1.165) is 26.1 Å². The van der Waals surface area contributed by atoms with Gasteiger partial charge in [0.05, 0.1) is 6.61 Å². The molecule has 4 nitrogen and oxygen atoms in total. The van der Waals surface area contributed by atoms with Crippen LogP contribution in [0.1, 0.15) is 25.7 Å². The van der Waals surface area contributed by atoms with Gasteiger partial charge in [0.25, 0.3) is 0 Å². The number of nitrogens with one attached hydrogen (secondary N) is 1. The summed E-state index contributed by atoms with van der Waals surface area (Å²) in [5.74, 6) is 0. The molecule has 0 aliphatic carbocycles. The lowest BCUT2D eigenvalue weighted by atomic mass is 10.2. The molecule has 0 spiro atoms. The highest BCUT2D eigenvalue weighted by atomic mass is 16.5. The highest BCUT2D eigenvalue weighted by Gasteiger charge is 1.98. The average Bonchev–Trinajstić information content (AvgIpc) is 2.21. The maximum absolute atomic E-state index is 9.08. The Morgan fingerprint density at radius 1 is 1.14 bits per heavy atom. The van der Waals surface area contributed by atoms with Crippen LogP contribution in [-0.4, -0.2) is 45.3 Å². The summed E-state index contributed by atoms with van der Waals surface area (Å²) in [6.07, 6.45) is 3.99. The van der Waals surface area contributed by atoms with E-state index < -0.39 is 6.23 Å². The molecule has 0 rings (SSSR count). The molecule has 0 saturated heterocycles. The molecule has 0 aromatic heterocycles. The summed E-state index contributed by atoms with van der Waals surface area (Å²) < 4.78 is 10.2. The Morgan fingerprint density at radius 3 is 2.36 bits per heavy atom. The van der Waals surface area contributed by atoms with Crippen LogP contribution in [0.5, 0.6) is 0 Å². The molecule has 0 radical (unpaired) electrons. The van der Waals surface area contributed by atoms with Gasteiger partial charge in [0.2, 0.25) is 0 Å². The first-order chi connectivity index (χ1) is 6.81. The van der Waals surface area contributed by atoms with Gasteiger partial charge in [-0.2, -0.15) is 0 Å². The van der Waals surface area contributed by atoms with Crippen LogP contribution in [0.25, 0.3) is 0 Å². The molecular weight excluding hydrogens is 182 g/mol. The van der Waals surface area contributed by atoms with E-state index in [9.17, 15) is 0 Å². The third-order valence-corrected chi connectivity index (χ3v) is 2.00. The molecule has 4 heteroatoms. The lowest BCUT2D eigenvalue weighted by Crippen LogP contribution is -2.29. The van der Waals surface area contributed by atoms with Crippen molar-refractivity contribution < 1.29 is 14.6 Å². The van der Waals surface area contributed by atoms with Crippen LogP contribution in [0.15, 0.2) is 0 Å². The fourth-order valence-corrected chi connectivity index (χ4v) is 1.08. The fourth-order valence-electron chi connectivity index (χ4n) is 1.08. The van der Waals surface area contributed by atoms with Gasteiger partial charge in [-0.3, -0.25) is 5.32 Å². The number of hydrogen-bond donors (Lipinski definition) is 2. The van der Waals surface area contributed by atoms with Crippen LogP contribution < -0.4 is 5.32 Å². The van der Waals surface area contributed by atoms with Gasteiger partial charge in [-0.1, -0.05) is 12.8 Å². The van der Waals surface area contributed by atoms with Crippen molar-refractivity contribution in [3.8, 4) is 0 Å². The minimum atomic E-state index is -0.538. The fraction of sp³-hybridized carbons (Fsp3) is 1.00. The van der Waals surface area contributed by atoms with E-state index in [-0.39, 0.29) is 0 Å². The second-order valence-corrected chi connectivity index (χ2v) is 3.29. The Balaban J connectivity index is 2.92. The summed E-state index contributed by atoms with van der Waals surface area (Å²) in [7, 11) is 3.43. The summed E-state index contributed by atoms with van der Waals surface area (Å²) in [6, 6.07) is 0. The molecule has 0 fully saturated rings. The van der Waals surface area contributed by atoms with Gasteiger partial charge in [0, 0.05) is 20.3 Å². The second kappa shape index (κ2) is 10.9. The number of likely N-dealkylation sites (N-methyl/N-ethyl adjacent to an activating group) is 1. The normalized spacial score (nSPS) is 13.1. The van der Waals surface area contributed by atoms with E-state index in [4.69, 9.17) is 14.6 Å². The lowest BCUT2D eigenvalue weighted by Gasteiger charge is -2.09. The Kier molecular flexibility index (Phi) is 10.8. The minimum Gasteiger partial charge on any atom is -0.385 e. The van der Waals surface area contributed by atoms with E-state index in [1.807, 2.05) is 0 Å². The Bertz CT molecular complexity index is 112. The second-order valence-electron chi connectivity index (χ2n) is 3.29. The van der Waals surface area contributed by atoms with E-state index in [0.29, 0.717) is 6.61 Å². The van der Waals surface area contributed by atoms with Crippen LogP contribution >= 0.6 is 0 Å². The quantitative estimate of drug-likeness (QED) is 0.408. The summed E-state index contributed by atoms with van der Waals surface area (Å²) in [4.78, 5) is 0. The smallest absolute Gasteiger partial charge is 0.128 e. The molecule has 0 aliphatic rings. The SMILES string of the molecule is CNC(O)COCCCCCCOC. The Morgan fingerprint density at radius 2 is 1.79 bits per heavy atom. The monoisotopic (exact) mass is 205 g/mol. The third-order valence-electron chi connectivity index (χ3n) is 2.00. The molecule has 0 aromatic carbocycles. The van der Waals surface area contributed by atoms with Crippen LogP contribution in [0.2, 0.25) is 0 Å². The zero-order valence-electron chi connectivity index (χ0n) is 9.29. The first-order valence-corrected chi connectivity index (χ1v) is 5.23. The van der Waals surface area contributed by atoms with E-state index >= 15 is 0 Å². The largest absolute Gasteiger partial charge is 0.385 e. The first kappa shape index (κ1) is 13.8. The lowest BCUT2D eigenvalue weighted by molar-refractivity contribution is 0.0216. The molecule has 0 heterocycles. The molecule has 14 heavy (non-hydrogen) atoms. The van der Waals surface area contributed by atoms with Crippen molar-refractivity contribution in [1.29, 1.82) is 0 Å². The van der Waals surface area contributed by atoms with Crippen LogP contribution in [0, 0.1) is 0 Å². The number of hydrogen-bond acceptors (Lipinski definition) is 4. The van der Waals surface area contributed by atoms with Gasteiger partial charge >= 0.3 is 0 Å². The molecule has 2 N–H and O–H groups in total. The molecule has 0 aromatic rings. The molecule has 86 valence electrons. The first-order valence-electron chi connectivity index (χ1n) is 5.23. The average molecular weight is 205 g/mol. The number of aliphatic hydroxyl groups excluding tert-OH is 1. The molecule has 0 bridgehead atoms. The molecule has 0 amide bonds. The summed E-state index contributed by atoms with van der Waals surface area (Å²) >= 11 is 0. The topological polar surface area (TPSA) is 50.7 Å². The van der Waals surface area contributed by atoms with Gasteiger partial charge in [-0.15, -0.1) is 0 Å². The van der Waals surface area contributed by atoms with Gasteiger partial charge in [0.15, 0.2) is 0 Å². The molecule has 1 atom stereocenters. The predicted octanol–water partition coefficient (Wildman–Crippen LogP) is 0.748. The van der Waals surface area contributed by atoms with Gasteiger partial charge in [-0.25, -0.2) is 0 Å². The third kappa shape index (κ3) is 9.92. The van der Waals surface area contributed by atoms with Crippen LogP contribution in [0.4, 0.5) is 0 Å². The van der Waals surface area contributed by atoms with E-state index in [1.165, 1.54) is 12.8 Å². The highest BCUT2D eigenvalue weighted by molar-refractivity contribution is 4.46. The van der Waals surface area contributed by atoms with Crippen molar-refractivity contribution in [2.75, 3.05) is 34.0 Å². The van der Waals surface area contributed by atoms with E-state index in [1.54, 1.807) is 14.2 Å². The van der Waals surface area contributed by atoms with Crippen LogP contribution in [-0.2, 0) is 9.47 Å². The summed E-state index contributed by atoms with van der Waals surface area (Å²) in [5, 5.41) is 11.8. The Hall–Kier alpha value is -0.160. The van der Waals surface area contributed by atoms with Crippen molar-refractivity contribution in [2.45, 2.75) is 31.9 Å². The Labute approximate surface area is 86.6 Å². The molecule has 0 aliphatic heterocycles. The van der Waals surface area contributed by atoms with Gasteiger partial charge < -0.3 is 14.6 Å². The number of methoxy groups -OCH3 is 1. The summed E-state index contributed by atoms with van der Waals surface area (Å²) in [6.45, 7) is 1.94. The maximum atomic E-state index is 9.08. The van der Waals surface area contributed by atoms with Crippen molar-refractivity contribution >= 4 is 0 Å². The standard InChI is InChI=1S/C10H23NO3/c1-11-10(12)9-14-8-6-4-3-5-7-13-2/h10-12H,3-9H2,1-2H3. The van der Waals surface area contributed by atoms with E-state index in [2.05, 4.69) is 5.32 Å². The zero-order chi connectivity index (χ0) is 10.6. The number of aliphatic hydroxyl groups is 1. The molecule has 0 saturated carbocycles. The molecule has 1 unspecified atom stereocenters. The van der Waals surface area contributed by atoms with Crippen molar-refractivity contribution in [3.05, 3.63) is 0 Å².